The molecule has 1 aliphatic rings. The normalized spacial score (nSPS) is 14.8. The van der Waals surface area contributed by atoms with Crippen LogP contribution in [0.1, 0.15) is 12.8 Å². The predicted molar refractivity (Wildman–Crippen MR) is 105 cm³/mol. The summed E-state index contributed by atoms with van der Waals surface area (Å²) in [5, 5.41) is 5.80. The Morgan fingerprint density at radius 3 is 2.64 bits per heavy atom. The Morgan fingerprint density at radius 1 is 1.21 bits per heavy atom. The Balaban J connectivity index is 1.37. The van der Waals surface area contributed by atoms with Crippen LogP contribution < -0.4 is 26.0 Å². The van der Waals surface area contributed by atoms with Gasteiger partial charge in [-0.2, -0.15) is 0 Å². The van der Waals surface area contributed by atoms with E-state index in [1.807, 2.05) is 0 Å². The molecule has 10 heteroatoms. The van der Waals surface area contributed by atoms with Gasteiger partial charge in [-0.1, -0.05) is 0 Å². The number of aromatic nitrogens is 4. The molecule has 1 fully saturated rings. The fraction of sp³-hybridized carbons (Fsp3) is 0.333. The van der Waals surface area contributed by atoms with E-state index in [0.717, 1.165) is 31.7 Å². The molecule has 0 radical (unpaired) electrons. The molecular formula is C18H21N7O3. The standard InChI is InChI=1S/C18H21N7O3/c1-28-15-9-13-12(22-18(27)23-13)8-14(15)24-17(26)21-11-2-6-25(7-3-11)16-10-19-4-5-20-16/h4-5,8-11H,2-3,6-7H2,1H3,(H2,21,24,26)(H2,22,23,27). The lowest BCUT2D eigenvalue weighted by Crippen LogP contribution is -2.46. The van der Waals surface area contributed by atoms with Crippen molar-refractivity contribution in [2.75, 3.05) is 30.4 Å². The molecule has 10 nitrogen and oxygen atoms in total. The summed E-state index contributed by atoms with van der Waals surface area (Å²) in [5.41, 5.74) is 1.39. The SMILES string of the molecule is COc1cc2[nH]c(=O)[nH]c2cc1NC(=O)NC1CCN(c2cnccn2)CC1. The van der Waals surface area contributed by atoms with E-state index in [2.05, 4.69) is 35.5 Å². The number of amides is 2. The average Bonchev–Trinajstić information content (AvgIpc) is 3.07. The first-order chi connectivity index (χ1) is 13.6. The number of fused-ring (bicyclic) bond motifs is 1. The van der Waals surface area contributed by atoms with Gasteiger partial charge in [0.2, 0.25) is 0 Å². The van der Waals surface area contributed by atoms with Gasteiger partial charge in [-0.25, -0.2) is 14.6 Å². The lowest BCUT2D eigenvalue weighted by atomic mass is 10.1. The number of carbonyl (C=O) groups is 1. The highest BCUT2D eigenvalue weighted by Gasteiger charge is 2.22. The Morgan fingerprint density at radius 2 is 1.96 bits per heavy atom. The zero-order valence-electron chi connectivity index (χ0n) is 15.4. The zero-order chi connectivity index (χ0) is 19.5. The van der Waals surface area contributed by atoms with E-state index in [1.54, 1.807) is 30.7 Å². The van der Waals surface area contributed by atoms with Crippen molar-refractivity contribution < 1.29 is 9.53 Å². The molecule has 1 aliphatic heterocycles. The van der Waals surface area contributed by atoms with Gasteiger partial charge in [0.05, 0.1) is 30.0 Å². The van der Waals surface area contributed by atoms with E-state index in [-0.39, 0.29) is 17.8 Å². The van der Waals surface area contributed by atoms with Gasteiger partial charge in [0.25, 0.3) is 0 Å². The number of piperidine rings is 1. The number of nitrogens with zero attached hydrogens (tertiary/aromatic N) is 3. The van der Waals surface area contributed by atoms with Crippen LogP contribution in [0.4, 0.5) is 16.3 Å². The molecule has 0 spiro atoms. The first kappa shape index (κ1) is 17.8. The lowest BCUT2D eigenvalue weighted by molar-refractivity contribution is 0.246. The molecule has 1 saturated heterocycles. The number of ether oxygens (including phenoxy) is 1. The Hall–Kier alpha value is -3.56. The lowest BCUT2D eigenvalue weighted by Gasteiger charge is -2.32. The fourth-order valence-electron chi connectivity index (χ4n) is 3.38. The van der Waals surface area contributed by atoms with Crippen LogP contribution in [-0.2, 0) is 0 Å². The van der Waals surface area contributed by atoms with Crippen molar-refractivity contribution in [2.24, 2.45) is 0 Å². The van der Waals surface area contributed by atoms with Crippen molar-refractivity contribution in [1.82, 2.24) is 25.3 Å². The number of imidazole rings is 1. The Kier molecular flexibility index (Phi) is 4.83. The summed E-state index contributed by atoms with van der Waals surface area (Å²) >= 11 is 0. The Bertz CT molecular complexity index is 1020. The van der Waals surface area contributed by atoms with Crippen LogP contribution in [0.3, 0.4) is 0 Å². The summed E-state index contributed by atoms with van der Waals surface area (Å²) in [7, 11) is 1.51. The number of aromatic amines is 2. The van der Waals surface area contributed by atoms with Crippen LogP contribution in [0, 0.1) is 0 Å². The minimum absolute atomic E-state index is 0.0645. The molecule has 3 aromatic rings. The second-order valence-electron chi connectivity index (χ2n) is 6.60. The molecule has 4 rings (SSSR count). The number of methoxy groups -OCH3 is 1. The number of H-pyrrole nitrogens is 2. The van der Waals surface area contributed by atoms with Crippen molar-refractivity contribution in [2.45, 2.75) is 18.9 Å². The predicted octanol–water partition coefficient (Wildman–Crippen LogP) is 1.45. The first-order valence-electron chi connectivity index (χ1n) is 9.01. The third-order valence-corrected chi connectivity index (χ3v) is 4.79. The molecule has 28 heavy (non-hydrogen) atoms. The van der Waals surface area contributed by atoms with Crippen molar-refractivity contribution in [3.63, 3.8) is 0 Å². The number of hydrogen-bond donors (Lipinski definition) is 4. The van der Waals surface area contributed by atoms with E-state index in [0.29, 0.717) is 22.5 Å². The van der Waals surface area contributed by atoms with Crippen LogP contribution >= 0.6 is 0 Å². The third-order valence-electron chi connectivity index (χ3n) is 4.79. The van der Waals surface area contributed by atoms with Crippen molar-refractivity contribution >= 4 is 28.6 Å². The van der Waals surface area contributed by atoms with Gasteiger partial charge < -0.3 is 30.2 Å². The Labute approximate surface area is 160 Å². The fourth-order valence-corrected chi connectivity index (χ4v) is 3.38. The van der Waals surface area contributed by atoms with Gasteiger partial charge in [0.15, 0.2) is 0 Å². The molecule has 0 unspecified atom stereocenters. The topological polar surface area (TPSA) is 128 Å². The molecule has 0 bridgehead atoms. The molecule has 4 N–H and O–H groups in total. The van der Waals surface area contributed by atoms with Gasteiger partial charge in [-0.15, -0.1) is 0 Å². The van der Waals surface area contributed by atoms with E-state index in [9.17, 15) is 9.59 Å². The number of nitrogens with one attached hydrogen (secondary N) is 4. The van der Waals surface area contributed by atoms with Crippen LogP contribution in [0.15, 0.2) is 35.5 Å². The molecule has 2 aromatic heterocycles. The summed E-state index contributed by atoms with van der Waals surface area (Å²) < 4.78 is 5.32. The maximum absolute atomic E-state index is 12.4. The summed E-state index contributed by atoms with van der Waals surface area (Å²) in [6.45, 7) is 1.59. The van der Waals surface area contributed by atoms with E-state index in [1.165, 1.54) is 7.11 Å². The number of urea groups is 1. The van der Waals surface area contributed by atoms with E-state index >= 15 is 0 Å². The number of anilines is 2. The zero-order valence-corrected chi connectivity index (χ0v) is 15.4. The van der Waals surface area contributed by atoms with Crippen LogP contribution in [-0.4, -0.2) is 52.2 Å². The summed E-state index contributed by atoms with van der Waals surface area (Å²) in [5.74, 6) is 1.32. The van der Waals surface area contributed by atoms with Crippen molar-refractivity contribution in [1.29, 1.82) is 0 Å². The first-order valence-corrected chi connectivity index (χ1v) is 9.01. The molecule has 146 valence electrons. The highest BCUT2D eigenvalue weighted by molar-refractivity contribution is 5.94. The number of benzene rings is 1. The largest absolute Gasteiger partial charge is 0.494 e. The summed E-state index contributed by atoms with van der Waals surface area (Å²) in [6, 6.07) is 3.09. The number of rotatable bonds is 4. The van der Waals surface area contributed by atoms with Gasteiger partial charge in [-0.3, -0.25) is 4.98 Å². The van der Waals surface area contributed by atoms with Gasteiger partial charge >= 0.3 is 11.7 Å². The molecule has 3 heterocycles. The van der Waals surface area contributed by atoms with E-state index < -0.39 is 0 Å². The molecule has 1 aromatic carbocycles. The van der Waals surface area contributed by atoms with E-state index in [4.69, 9.17) is 4.74 Å². The van der Waals surface area contributed by atoms with Gasteiger partial charge in [-0.05, 0) is 18.9 Å². The van der Waals surface area contributed by atoms with Gasteiger partial charge in [0.1, 0.15) is 11.6 Å². The number of carbonyl (C=O) groups excluding carboxylic acids is 1. The average molecular weight is 383 g/mol. The second kappa shape index (κ2) is 7.59. The monoisotopic (exact) mass is 383 g/mol. The molecule has 0 aliphatic carbocycles. The quantitative estimate of drug-likeness (QED) is 0.540. The molecule has 2 amide bonds. The smallest absolute Gasteiger partial charge is 0.323 e. The maximum atomic E-state index is 12.4. The van der Waals surface area contributed by atoms with Crippen LogP contribution in [0.2, 0.25) is 0 Å². The van der Waals surface area contributed by atoms with Crippen molar-refractivity contribution in [3.05, 3.63) is 41.2 Å². The van der Waals surface area contributed by atoms with Crippen LogP contribution in [0.5, 0.6) is 5.75 Å². The highest BCUT2D eigenvalue weighted by Crippen LogP contribution is 2.28. The third kappa shape index (κ3) is 3.75. The van der Waals surface area contributed by atoms with Gasteiger partial charge in [0, 0.05) is 37.6 Å². The molecule has 0 saturated carbocycles. The summed E-state index contributed by atoms with van der Waals surface area (Å²) in [4.78, 5) is 39.8. The minimum atomic E-state index is -0.312. The molecule has 0 atom stereocenters. The highest BCUT2D eigenvalue weighted by atomic mass is 16.5. The van der Waals surface area contributed by atoms with Crippen LogP contribution in [0.25, 0.3) is 11.0 Å². The second-order valence-corrected chi connectivity index (χ2v) is 6.60. The van der Waals surface area contributed by atoms with Crippen molar-refractivity contribution in [3.8, 4) is 5.75 Å². The molecular weight excluding hydrogens is 362 g/mol. The maximum Gasteiger partial charge on any atom is 0.323 e. The minimum Gasteiger partial charge on any atom is -0.494 e. The number of hydrogen-bond acceptors (Lipinski definition) is 6. The summed E-state index contributed by atoms with van der Waals surface area (Å²) in [6.07, 6.45) is 6.69.